The summed E-state index contributed by atoms with van der Waals surface area (Å²) in [7, 11) is 1.77. The van der Waals surface area contributed by atoms with E-state index in [1.165, 1.54) is 6.33 Å². The van der Waals surface area contributed by atoms with Crippen LogP contribution in [0.3, 0.4) is 0 Å². The SMILES string of the molecule is Cc1c(C(N)=O)c(-c2cnc[nH]2)nn1C. The van der Waals surface area contributed by atoms with Gasteiger partial charge in [0.25, 0.3) is 5.91 Å². The summed E-state index contributed by atoms with van der Waals surface area (Å²) in [5.41, 5.74) is 7.71. The standard InChI is InChI=1S/C9H11N5O/c1-5-7(9(10)15)8(13-14(5)2)6-3-11-4-12-6/h3-4H,1-2H3,(H2,10,15)(H,11,12). The Hall–Kier alpha value is -2.11. The van der Waals surface area contributed by atoms with E-state index in [0.717, 1.165) is 5.69 Å². The first kappa shape index (κ1) is 9.45. The largest absolute Gasteiger partial charge is 0.365 e. The molecule has 0 saturated heterocycles. The van der Waals surface area contributed by atoms with E-state index in [2.05, 4.69) is 15.1 Å². The fourth-order valence-electron chi connectivity index (χ4n) is 1.48. The number of aryl methyl sites for hydroxylation is 1. The van der Waals surface area contributed by atoms with E-state index >= 15 is 0 Å². The molecule has 0 unspecified atom stereocenters. The fraction of sp³-hybridized carbons (Fsp3) is 0.222. The van der Waals surface area contributed by atoms with Crippen molar-refractivity contribution in [3.63, 3.8) is 0 Å². The van der Waals surface area contributed by atoms with E-state index in [0.29, 0.717) is 17.0 Å². The van der Waals surface area contributed by atoms with Gasteiger partial charge in [0.05, 0.1) is 23.8 Å². The topological polar surface area (TPSA) is 89.6 Å². The zero-order chi connectivity index (χ0) is 11.0. The Morgan fingerprint density at radius 1 is 1.60 bits per heavy atom. The minimum absolute atomic E-state index is 0.432. The van der Waals surface area contributed by atoms with E-state index in [1.54, 1.807) is 24.9 Å². The van der Waals surface area contributed by atoms with Crippen molar-refractivity contribution in [2.75, 3.05) is 0 Å². The van der Waals surface area contributed by atoms with Crippen molar-refractivity contribution < 1.29 is 4.79 Å². The van der Waals surface area contributed by atoms with Gasteiger partial charge in [-0.2, -0.15) is 5.10 Å². The number of carbonyl (C=O) groups excluding carboxylic acids is 1. The number of hydrogen-bond acceptors (Lipinski definition) is 3. The van der Waals surface area contributed by atoms with Crippen LogP contribution in [0, 0.1) is 6.92 Å². The molecule has 0 fully saturated rings. The molecule has 6 nitrogen and oxygen atoms in total. The minimum Gasteiger partial charge on any atom is -0.365 e. The highest BCUT2D eigenvalue weighted by molar-refractivity contribution is 5.99. The number of aromatic nitrogens is 4. The molecule has 0 aliphatic carbocycles. The maximum Gasteiger partial charge on any atom is 0.252 e. The highest BCUT2D eigenvalue weighted by atomic mass is 16.1. The van der Waals surface area contributed by atoms with Gasteiger partial charge in [-0.1, -0.05) is 0 Å². The molecule has 0 bridgehead atoms. The summed E-state index contributed by atoms with van der Waals surface area (Å²) < 4.78 is 1.62. The molecule has 6 heteroatoms. The lowest BCUT2D eigenvalue weighted by Crippen LogP contribution is -2.13. The lowest BCUT2D eigenvalue weighted by Gasteiger charge is -1.96. The van der Waals surface area contributed by atoms with E-state index in [1.807, 2.05) is 0 Å². The van der Waals surface area contributed by atoms with Crippen molar-refractivity contribution in [3.8, 4) is 11.4 Å². The van der Waals surface area contributed by atoms with E-state index in [-0.39, 0.29) is 0 Å². The van der Waals surface area contributed by atoms with Gasteiger partial charge in [-0.25, -0.2) is 4.98 Å². The average molecular weight is 205 g/mol. The Kier molecular flexibility index (Phi) is 2.03. The molecular weight excluding hydrogens is 194 g/mol. The van der Waals surface area contributed by atoms with Gasteiger partial charge in [0.1, 0.15) is 5.69 Å². The smallest absolute Gasteiger partial charge is 0.252 e. The van der Waals surface area contributed by atoms with Crippen LogP contribution in [0.2, 0.25) is 0 Å². The number of nitrogens with one attached hydrogen (secondary N) is 1. The molecule has 15 heavy (non-hydrogen) atoms. The summed E-state index contributed by atoms with van der Waals surface area (Å²) in [6.07, 6.45) is 3.14. The molecule has 0 spiro atoms. The summed E-state index contributed by atoms with van der Waals surface area (Å²) in [5.74, 6) is -0.481. The van der Waals surface area contributed by atoms with Crippen LogP contribution in [0.25, 0.3) is 11.4 Å². The summed E-state index contributed by atoms with van der Waals surface area (Å²) in [4.78, 5) is 18.1. The molecule has 0 radical (unpaired) electrons. The first-order valence-corrected chi connectivity index (χ1v) is 4.43. The molecule has 0 aromatic carbocycles. The molecule has 3 N–H and O–H groups in total. The third kappa shape index (κ3) is 1.39. The first-order valence-electron chi connectivity index (χ1n) is 4.43. The molecule has 78 valence electrons. The van der Waals surface area contributed by atoms with Gasteiger partial charge in [-0.3, -0.25) is 9.48 Å². The number of carbonyl (C=O) groups is 1. The number of imidazole rings is 1. The third-order valence-electron chi connectivity index (χ3n) is 2.33. The zero-order valence-corrected chi connectivity index (χ0v) is 8.48. The number of nitrogens with two attached hydrogens (primary N) is 1. The molecule has 2 heterocycles. The van der Waals surface area contributed by atoms with Crippen LogP contribution in [0.4, 0.5) is 0 Å². The molecule has 0 atom stereocenters. The normalized spacial score (nSPS) is 10.5. The number of aromatic amines is 1. The molecule has 1 amide bonds. The van der Waals surface area contributed by atoms with Crippen molar-refractivity contribution in [2.45, 2.75) is 6.92 Å². The van der Waals surface area contributed by atoms with Gasteiger partial charge >= 0.3 is 0 Å². The predicted molar refractivity (Wildman–Crippen MR) is 54.0 cm³/mol. The van der Waals surface area contributed by atoms with Gasteiger partial charge in [0, 0.05) is 12.7 Å². The van der Waals surface area contributed by atoms with Gasteiger partial charge in [-0.05, 0) is 6.92 Å². The molecule has 0 saturated carbocycles. The van der Waals surface area contributed by atoms with E-state index in [4.69, 9.17) is 5.73 Å². The van der Waals surface area contributed by atoms with Crippen LogP contribution in [-0.4, -0.2) is 25.7 Å². The van der Waals surface area contributed by atoms with E-state index in [9.17, 15) is 4.79 Å². The van der Waals surface area contributed by atoms with Crippen molar-refractivity contribution in [1.29, 1.82) is 0 Å². The average Bonchev–Trinajstić information content (AvgIpc) is 2.75. The first-order chi connectivity index (χ1) is 7.11. The number of rotatable bonds is 2. The quantitative estimate of drug-likeness (QED) is 0.734. The van der Waals surface area contributed by atoms with E-state index < -0.39 is 5.91 Å². The lowest BCUT2D eigenvalue weighted by atomic mass is 10.1. The van der Waals surface area contributed by atoms with Gasteiger partial charge in [-0.15, -0.1) is 0 Å². The summed E-state index contributed by atoms with van der Waals surface area (Å²) in [6.45, 7) is 1.80. The molecule has 0 aliphatic rings. The Morgan fingerprint density at radius 3 is 2.87 bits per heavy atom. The Balaban J connectivity index is 2.67. The molecular formula is C9H11N5O. The highest BCUT2D eigenvalue weighted by Crippen LogP contribution is 2.21. The van der Waals surface area contributed by atoms with Gasteiger partial charge < -0.3 is 10.7 Å². The second-order valence-corrected chi connectivity index (χ2v) is 3.26. The van der Waals surface area contributed by atoms with Crippen LogP contribution < -0.4 is 5.73 Å². The number of amides is 1. The zero-order valence-electron chi connectivity index (χ0n) is 8.48. The Morgan fingerprint density at radius 2 is 2.33 bits per heavy atom. The monoisotopic (exact) mass is 205 g/mol. The van der Waals surface area contributed by atoms with Crippen LogP contribution >= 0.6 is 0 Å². The van der Waals surface area contributed by atoms with Gasteiger partial charge in [0.2, 0.25) is 0 Å². The second kappa shape index (κ2) is 3.23. The Labute approximate surface area is 86.1 Å². The maximum absolute atomic E-state index is 11.3. The minimum atomic E-state index is -0.481. The molecule has 2 rings (SSSR count). The van der Waals surface area contributed by atoms with Gasteiger partial charge in [0.15, 0.2) is 0 Å². The number of primary amides is 1. The maximum atomic E-state index is 11.3. The lowest BCUT2D eigenvalue weighted by molar-refractivity contribution is 0.1000. The van der Waals surface area contributed by atoms with Crippen molar-refractivity contribution in [1.82, 2.24) is 19.7 Å². The summed E-state index contributed by atoms with van der Waals surface area (Å²) in [5, 5.41) is 4.22. The van der Waals surface area contributed by atoms with Crippen LogP contribution in [0.15, 0.2) is 12.5 Å². The highest BCUT2D eigenvalue weighted by Gasteiger charge is 2.19. The Bertz CT molecular complexity index is 497. The summed E-state index contributed by atoms with van der Waals surface area (Å²) >= 11 is 0. The number of nitrogens with zero attached hydrogens (tertiary/aromatic N) is 3. The predicted octanol–water partition coefficient (Wildman–Crippen LogP) is 0.218. The van der Waals surface area contributed by atoms with Crippen LogP contribution in [0.5, 0.6) is 0 Å². The molecule has 0 aliphatic heterocycles. The number of H-pyrrole nitrogens is 1. The third-order valence-corrected chi connectivity index (χ3v) is 2.33. The number of hydrogen-bond donors (Lipinski definition) is 2. The van der Waals surface area contributed by atoms with Crippen molar-refractivity contribution >= 4 is 5.91 Å². The molecule has 2 aromatic rings. The molecule has 2 aromatic heterocycles. The van der Waals surface area contributed by atoms with Crippen molar-refractivity contribution in [2.24, 2.45) is 12.8 Å². The second-order valence-electron chi connectivity index (χ2n) is 3.26. The van der Waals surface area contributed by atoms with Crippen LogP contribution in [0.1, 0.15) is 16.1 Å². The summed E-state index contributed by atoms with van der Waals surface area (Å²) in [6, 6.07) is 0. The fourth-order valence-corrected chi connectivity index (χ4v) is 1.48. The van der Waals surface area contributed by atoms with Crippen LogP contribution in [-0.2, 0) is 7.05 Å². The van der Waals surface area contributed by atoms with Crippen molar-refractivity contribution in [3.05, 3.63) is 23.8 Å².